The Hall–Kier alpha value is -2.39. The topological polar surface area (TPSA) is 98.8 Å². The molecule has 0 bridgehead atoms. The summed E-state index contributed by atoms with van der Waals surface area (Å²) in [6.07, 6.45) is 0.233. The van der Waals surface area contributed by atoms with Gasteiger partial charge in [-0.2, -0.15) is 0 Å². The molecule has 0 aliphatic carbocycles. The number of hydrogen-bond acceptors (Lipinski definition) is 7. The number of thiophene rings is 1. The Kier molecular flexibility index (Phi) is 6.82. The molecule has 0 spiro atoms. The van der Waals surface area contributed by atoms with Crippen LogP contribution in [0, 0.1) is 5.92 Å². The SMILES string of the molecule is CCOC(=O)c1c(NC(=O)c2cccc(OCC(C)C)c2)sc2c1CCS(=O)(=O)C2. The Morgan fingerprint density at radius 2 is 2.03 bits per heavy atom. The quantitative estimate of drug-likeness (QED) is 0.645. The fraction of sp³-hybridized carbons (Fsp3) is 0.429. The Bertz CT molecular complexity index is 1060. The van der Waals surface area contributed by atoms with E-state index in [1.54, 1.807) is 31.2 Å². The zero-order chi connectivity index (χ0) is 21.9. The van der Waals surface area contributed by atoms with Crippen molar-refractivity contribution in [2.24, 2.45) is 5.92 Å². The van der Waals surface area contributed by atoms with E-state index < -0.39 is 21.7 Å². The Morgan fingerprint density at radius 3 is 2.73 bits per heavy atom. The van der Waals surface area contributed by atoms with Crippen molar-refractivity contribution in [3.8, 4) is 5.75 Å². The van der Waals surface area contributed by atoms with Gasteiger partial charge in [-0.3, -0.25) is 4.79 Å². The van der Waals surface area contributed by atoms with Gasteiger partial charge >= 0.3 is 5.97 Å². The highest BCUT2D eigenvalue weighted by molar-refractivity contribution is 7.90. The maximum absolute atomic E-state index is 12.8. The zero-order valence-corrected chi connectivity index (χ0v) is 18.8. The van der Waals surface area contributed by atoms with Crippen LogP contribution < -0.4 is 10.1 Å². The molecule has 3 rings (SSSR count). The zero-order valence-electron chi connectivity index (χ0n) is 17.2. The maximum atomic E-state index is 12.8. The monoisotopic (exact) mass is 451 g/mol. The summed E-state index contributed by atoms with van der Waals surface area (Å²) in [5, 5.41) is 3.09. The molecule has 1 aliphatic heterocycles. The van der Waals surface area contributed by atoms with E-state index in [4.69, 9.17) is 9.47 Å². The molecule has 0 saturated carbocycles. The van der Waals surface area contributed by atoms with Crippen molar-refractivity contribution in [3.63, 3.8) is 0 Å². The van der Waals surface area contributed by atoms with Gasteiger partial charge in [0.05, 0.1) is 30.3 Å². The molecule has 162 valence electrons. The van der Waals surface area contributed by atoms with Crippen LogP contribution in [0.15, 0.2) is 24.3 Å². The molecule has 2 aromatic rings. The van der Waals surface area contributed by atoms with Crippen molar-refractivity contribution in [2.45, 2.75) is 32.9 Å². The molecule has 0 fully saturated rings. The minimum absolute atomic E-state index is 0.0221. The third-order valence-electron chi connectivity index (χ3n) is 4.49. The molecule has 9 heteroatoms. The average Bonchev–Trinajstić information content (AvgIpc) is 3.02. The highest BCUT2D eigenvalue weighted by Crippen LogP contribution is 2.38. The minimum atomic E-state index is -3.21. The first-order valence-corrected chi connectivity index (χ1v) is 12.4. The van der Waals surface area contributed by atoms with Crippen LogP contribution >= 0.6 is 11.3 Å². The molecule has 0 unspecified atom stereocenters. The molecule has 1 N–H and O–H groups in total. The number of anilines is 1. The molecule has 1 aromatic carbocycles. The van der Waals surface area contributed by atoms with Gasteiger partial charge in [0.1, 0.15) is 10.8 Å². The number of carbonyl (C=O) groups excluding carboxylic acids is 2. The number of fused-ring (bicyclic) bond motifs is 1. The Morgan fingerprint density at radius 1 is 1.27 bits per heavy atom. The van der Waals surface area contributed by atoms with E-state index in [2.05, 4.69) is 5.32 Å². The van der Waals surface area contributed by atoms with Gasteiger partial charge in [0, 0.05) is 10.4 Å². The van der Waals surface area contributed by atoms with Crippen LogP contribution in [0.5, 0.6) is 5.75 Å². The number of ether oxygens (including phenoxy) is 2. The van der Waals surface area contributed by atoms with E-state index in [1.807, 2.05) is 13.8 Å². The lowest BCUT2D eigenvalue weighted by Gasteiger charge is -2.13. The summed E-state index contributed by atoms with van der Waals surface area (Å²) in [6, 6.07) is 6.79. The standard InChI is InChI=1S/C21H25NO6S2/c1-4-27-21(24)18-16-8-9-30(25,26)12-17(16)29-20(18)22-19(23)14-6-5-7-15(10-14)28-11-13(2)3/h5-7,10,13H,4,8-9,11-12H2,1-3H3,(H,22,23). The molecule has 30 heavy (non-hydrogen) atoms. The van der Waals surface area contributed by atoms with Crippen LogP contribution in [0.4, 0.5) is 5.00 Å². The van der Waals surface area contributed by atoms with Gasteiger partial charge in [-0.05, 0) is 43.0 Å². The van der Waals surface area contributed by atoms with Gasteiger partial charge in [-0.1, -0.05) is 19.9 Å². The molecule has 1 amide bonds. The van der Waals surface area contributed by atoms with Gasteiger partial charge in [-0.15, -0.1) is 11.3 Å². The fourth-order valence-electron chi connectivity index (χ4n) is 3.10. The highest BCUT2D eigenvalue weighted by atomic mass is 32.2. The van der Waals surface area contributed by atoms with Gasteiger partial charge in [-0.25, -0.2) is 13.2 Å². The number of sulfone groups is 1. The van der Waals surface area contributed by atoms with Crippen molar-refractivity contribution in [3.05, 3.63) is 45.8 Å². The van der Waals surface area contributed by atoms with E-state index in [0.29, 0.717) is 39.3 Å². The van der Waals surface area contributed by atoms with Crippen LogP contribution in [-0.2, 0) is 26.7 Å². The number of hydrogen-bond donors (Lipinski definition) is 1. The number of rotatable bonds is 7. The summed E-state index contributed by atoms with van der Waals surface area (Å²) in [6.45, 7) is 6.48. The average molecular weight is 452 g/mol. The van der Waals surface area contributed by atoms with Crippen LogP contribution in [0.2, 0.25) is 0 Å². The first kappa shape index (κ1) is 22.3. The van der Waals surface area contributed by atoms with Crippen molar-refractivity contribution < 1.29 is 27.5 Å². The Labute approximate surface area is 180 Å². The summed E-state index contributed by atoms with van der Waals surface area (Å²) in [5.41, 5.74) is 1.29. The fourth-order valence-corrected chi connectivity index (χ4v) is 6.13. The van der Waals surface area contributed by atoms with Crippen molar-refractivity contribution in [1.82, 2.24) is 0 Å². The maximum Gasteiger partial charge on any atom is 0.341 e. The number of nitrogens with one attached hydrogen (secondary N) is 1. The van der Waals surface area contributed by atoms with Gasteiger partial charge in [0.2, 0.25) is 0 Å². The van der Waals surface area contributed by atoms with E-state index in [1.165, 1.54) is 0 Å². The largest absolute Gasteiger partial charge is 0.493 e. The van der Waals surface area contributed by atoms with Crippen LogP contribution in [0.1, 0.15) is 51.9 Å². The first-order chi connectivity index (χ1) is 14.2. The second-order valence-electron chi connectivity index (χ2n) is 7.46. The molecule has 0 saturated heterocycles. The second kappa shape index (κ2) is 9.18. The normalized spacial score (nSPS) is 14.8. The first-order valence-electron chi connectivity index (χ1n) is 9.76. The predicted octanol–water partition coefficient (Wildman–Crippen LogP) is 3.68. The van der Waals surface area contributed by atoms with Crippen LogP contribution in [-0.4, -0.2) is 39.3 Å². The lowest BCUT2D eigenvalue weighted by atomic mass is 10.1. The van der Waals surface area contributed by atoms with E-state index >= 15 is 0 Å². The van der Waals surface area contributed by atoms with Crippen molar-refractivity contribution in [1.29, 1.82) is 0 Å². The number of benzene rings is 1. The third kappa shape index (κ3) is 5.20. The summed E-state index contributed by atoms with van der Waals surface area (Å²) < 4.78 is 34.8. The lowest BCUT2D eigenvalue weighted by Crippen LogP contribution is -2.20. The molecular formula is C21H25NO6S2. The smallest absolute Gasteiger partial charge is 0.341 e. The van der Waals surface area contributed by atoms with Gasteiger partial charge in [0.15, 0.2) is 9.84 Å². The number of amides is 1. The molecule has 0 atom stereocenters. The van der Waals surface area contributed by atoms with Crippen molar-refractivity contribution >= 4 is 38.1 Å². The third-order valence-corrected chi connectivity index (χ3v) is 7.38. The summed E-state index contributed by atoms with van der Waals surface area (Å²) in [7, 11) is -3.21. The minimum Gasteiger partial charge on any atom is -0.493 e. The Balaban J connectivity index is 1.89. The lowest BCUT2D eigenvalue weighted by molar-refractivity contribution is 0.0527. The summed E-state index contributed by atoms with van der Waals surface area (Å²) in [5.74, 6) is -0.183. The summed E-state index contributed by atoms with van der Waals surface area (Å²) in [4.78, 5) is 26.0. The summed E-state index contributed by atoms with van der Waals surface area (Å²) >= 11 is 1.12. The molecule has 7 nitrogen and oxygen atoms in total. The molecular weight excluding hydrogens is 426 g/mol. The molecule has 2 heterocycles. The molecule has 1 aliphatic rings. The highest BCUT2D eigenvalue weighted by Gasteiger charge is 2.32. The molecule has 1 aromatic heterocycles. The second-order valence-corrected chi connectivity index (χ2v) is 10.7. The van der Waals surface area contributed by atoms with Gasteiger partial charge in [0.25, 0.3) is 5.91 Å². The number of esters is 1. The predicted molar refractivity (Wildman–Crippen MR) is 116 cm³/mol. The van der Waals surface area contributed by atoms with E-state index in [-0.39, 0.29) is 30.1 Å². The number of carbonyl (C=O) groups is 2. The van der Waals surface area contributed by atoms with Crippen LogP contribution in [0.25, 0.3) is 0 Å². The van der Waals surface area contributed by atoms with Crippen LogP contribution in [0.3, 0.4) is 0 Å². The van der Waals surface area contributed by atoms with Crippen molar-refractivity contribution in [2.75, 3.05) is 24.3 Å². The van der Waals surface area contributed by atoms with E-state index in [9.17, 15) is 18.0 Å². The molecule has 0 radical (unpaired) electrons. The van der Waals surface area contributed by atoms with E-state index in [0.717, 1.165) is 11.3 Å². The van der Waals surface area contributed by atoms with Gasteiger partial charge < -0.3 is 14.8 Å².